The molecule has 286 valence electrons. The zero-order valence-corrected chi connectivity index (χ0v) is 33.9. The van der Waals surface area contributed by atoms with Crippen molar-refractivity contribution in [3.63, 3.8) is 0 Å². The summed E-state index contributed by atoms with van der Waals surface area (Å²) in [5, 5.41) is 2.63. The summed E-state index contributed by atoms with van der Waals surface area (Å²) in [6.45, 7) is 0. The maximum Gasteiger partial charge on any atom is 0.164 e. The van der Waals surface area contributed by atoms with Crippen LogP contribution in [0.4, 0.5) is 0 Å². The van der Waals surface area contributed by atoms with Crippen molar-refractivity contribution in [1.29, 1.82) is 0 Å². The van der Waals surface area contributed by atoms with Crippen molar-refractivity contribution in [2.45, 2.75) is 0 Å². The van der Waals surface area contributed by atoms with Gasteiger partial charge in [-0.15, -0.1) is 11.3 Å². The second-order valence-electron chi connectivity index (χ2n) is 15.2. The van der Waals surface area contributed by atoms with Gasteiger partial charge in [0.05, 0.1) is 0 Å². The van der Waals surface area contributed by atoms with Crippen LogP contribution in [-0.2, 0) is 0 Å². The summed E-state index contributed by atoms with van der Waals surface area (Å²) in [5.74, 6) is 1.90. The summed E-state index contributed by atoms with van der Waals surface area (Å²) in [6, 6.07) is 79.4. The molecule has 0 N–H and O–H groups in total. The van der Waals surface area contributed by atoms with Gasteiger partial charge in [0.2, 0.25) is 0 Å². The number of aromatic nitrogens is 3. The molecular weight excluding hydrogens is 759 g/mol. The molecule has 0 amide bonds. The lowest BCUT2D eigenvalue weighted by Crippen LogP contribution is -2.00. The fourth-order valence-electron chi connectivity index (χ4n) is 8.20. The Morgan fingerprint density at radius 3 is 1.20 bits per heavy atom. The third-order valence-electron chi connectivity index (χ3n) is 11.4. The van der Waals surface area contributed by atoms with Gasteiger partial charge in [-0.25, -0.2) is 15.0 Å². The van der Waals surface area contributed by atoms with Gasteiger partial charge < -0.3 is 0 Å². The summed E-state index contributed by atoms with van der Waals surface area (Å²) in [7, 11) is 0. The van der Waals surface area contributed by atoms with Crippen LogP contribution < -0.4 is 0 Å². The van der Waals surface area contributed by atoms with Crippen LogP contribution in [0.2, 0.25) is 0 Å². The average molecular weight is 796 g/mol. The molecule has 2 heterocycles. The fraction of sp³-hybridized carbons (Fsp3) is 0. The Labute approximate surface area is 359 Å². The topological polar surface area (TPSA) is 38.7 Å². The van der Waals surface area contributed by atoms with Gasteiger partial charge >= 0.3 is 0 Å². The van der Waals surface area contributed by atoms with E-state index in [-0.39, 0.29) is 0 Å². The number of fused-ring (bicyclic) bond motifs is 3. The van der Waals surface area contributed by atoms with E-state index in [1.54, 1.807) is 0 Å². The first kappa shape index (κ1) is 36.3. The zero-order chi connectivity index (χ0) is 40.5. The molecule has 0 aliphatic heterocycles. The summed E-state index contributed by atoms with van der Waals surface area (Å²) in [6.07, 6.45) is 0. The first-order valence-electron chi connectivity index (χ1n) is 20.5. The fourth-order valence-corrected chi connectivity index (χ4v) is 9.44. The van der Waals surface area contributed by atoms with Gasteiger partial charge in [0, 0.05) is 36.9 Å². The van der Waals surface area contributed by atoms with Crippen LogP contribution in [0, 0.1) is 0 Å². The SMILES string of the molecule is c1ccc(-c2cccc(-c3cccc(-c4cccc(-c5nc(-c6ccccc6)nc(-c6ccc(-c7ccc(-c8cccc9c8sc8ccccc89)cc7)cc6)n5)c4)c3)c2)cc1. The first-order valence-corrected chi connectivity index (χ1v) is 21.3. The summed E-state index contributed by atoms with van der Waals surface area (Å²) in [4.78, 5) is 15.2. The van der Waals surface area contributed by atoms with Crippen LogP contribution >= 0.6 is 11.3 Å². The Balaban J connectivity index is 0.904. The van der Waals surface area contributed by atoms with Gasteiger partial charge in [-0.05, 0) is 79.9 Å². The standard InChI is InChI=1S/C57H37N3S/c1-3-13-38(14-4-1)44-17-9-18-45(35-44)46-19-10-20-47(36-46)48-21-11-22-49(37-48)57-59-55(42-15-5-2-6-16-42)58-56(60-57)43-33-29-40(30-34-43)39-27-31-41(32-28-39)50-24-12-25-52-51-23-7-8-26-53(51)61-54(50)52/h1-37H. The number of rotatable bonds is 8. The molecule has 11 rings (SSSR count). The molecule has 0 unspecified atom stereocenters. The molecule has 11 aromatic rings. The third-order valence-corrected chi connectivity index (χ3v) is 12.6. The van der Waals surface area contributed by atoms with Crippen molar-refractivity contribution in [3.8, 4) is 89.8 Å². The van der Waals surface area contributed by atoms with E-state index in [2.05, 4.69) is 194 Å². The lowest BCUT2D eigenvalue weighted by Gasteiger charge is -2.11. The number of benzene rings is 9. The maximum absolute atomic E-state index is 5.10. The largest absolute Gasteiger partial charge is 0.208 e. The highest BCUT2D eigenvalue weighted by molar-refractivity contribution is 7.26. The molecule has 3 nitrogen and oxygen atoms in total. The maximum atomic E-state index is 5.10. The van der Waals surface area contributed by atoms with Gasteiger partial charge in [-0.1, -0.05) is 200 Å². The molecule has 4 heteroatoms. The van der Waals surface area contributed by atoms with E-state index in [1.807, 2.05) is 41.7 Å². The van der Waals surface area contributed by atoms with Crippen molar-refractivity contribution < 1.29 is 0 Å². The van der Waals surface area contributed by atoms with Crippen LogP contribution in [0.3, 0.4) is 0 Å². The lowest BCUT2D eigenvalue weighted by atomic mass is 9.95. The van der Waals surface area contributed by atoms with E-state index in [9.17, 15) is 0 Å². The molecule has 0 aliphatic rings. The van der Waals surface area contributed by atoms with Crippen LogP contribution in [0.25, 0.3) is 110 Å². The third kappa shape index (κ3) is 7.20. The Hall–Kier alpha value is -7.79. The molecular formula is C57H37N3S. The Morgan fingerprint density at radius 1 is 0.246 bits per heavy atom. The number of hydrogen-bond donors (Lipinski definition) is 0. The molecule has 0 radical (unpaired) electrons. The molecule has 0 saturated carbocycles. The lowest BCUT2D eigenvalue weighted by molar-refractivity contribution is 1.07. The van der Waals surface area contributed by atoms with Crippen molar-refractivity contribution >= 4 is 31.5 Å². The van der Waals surface area contributed by atoms with Crippen molar-refractivity contribution in [3.05, 3.63) is 224 Å². The van der Waals surface area contributed by atoms with E-state index in [1.165, 1.54) is 53.6 Å². The molecule has 0 fully saturated rings. The van der Waals surface area contributed by atoms with Crippen LogP contribution in [0.1, 0.15) is 0 Å². The second kappa shape index (κ2) is 15.8. The second-order valence-corrected chi connectivity index (χ2v) is 16.3. The van der Waals surface area contributed by atoms with E-state index in [4.69, 9.17) is 15.0 Å². The molecule has 0 atom stereocenters. The van der Waals surface area contributed by atoms with Crippen LogP contribution in [0.5, 0.6) is 0 Å². The average Bonchev–Trinajstić information content (AvgIpc) is 3.74. The molecule has 0 bridgehead atoms. The Bertz CT molecular complexity index is 3340. The summed E-state index contributed by atoms with van der Waals surface area (Å²) >= 11 is 1.86. The number of nitrogens with zero attached hydrogens (tertiary/aromatic N) is 3. The Morgan fingerprint density at radius 2 is 0.607 bits per heavy atom. The van der Waals surface area contributed by atoms with Crippen molar-refractivity contribution in [2.24, 2.45) is 0 Å². The Kier molecular flexibility index (Phi) is 9.38. The smallest absolute Gasteiger partial charge is 0.164 e. The predicted molar refractivity (Wildman–Crippen MR) is 256 cm³/mol. The first-order chi connectivity index (χ1) is 30.2. The van der Waals surface area contributed by atoms with Crippen LogP contribution in [0.15, 0.2) is 224 Å². The van der Waals surface area contributed by atoms with E-state index in [0.29, 0.717) is 17.5 Å². The highest BCUT2D eigenvalue weighted by Gasteiger charge is 2.15. The normalized spacial score (nSPS) is 11.3. The summed E-state index contributed by atoms with van der Waals surface area (Å²) < 4.78 is 2.65. The number of thiophene rings is 1. The molecule has 9 aromatic carbocycles. The molecule has 0 spiro atoms. The number of hydrogen-bond acceptors (Lipinski definition) is 4. The van der Waals surface area contributed by atoms with E-state index >= 15 is 0 Å². The zero-order valence-electron chi connectivity index (χ0n) is 33.1. The van der Waals surface area contributed by atoms with Gasteiger partial charge in [-0.3, -0.25) is 0 Å². The minimum atomic E-state index is 0.630. The van der Waals surface area contributed by atoms with Crippen molar-refractivity contribution in [1.82, 2.24) is 15.0 Å². The molecule has 2 aromatic heterocycles. The minimum Gasteiger partial charge on any atom is -0.208 e. The van der Waals surface area contributed by atoms with E-state index in [0.717, 1.165) is 38.9 Å². The van der Waals surface area contributed by atoms with Crippen LogP contribution in [-0.4, -0.2) is 15.0 Å². The molecule has 61 heavy (non-hydrogen) atoms. The van der Waals surface area contributed by atoms with E-state index < -0.39 is 0 Å². The molecule has 0 aliphatic carbocycles. The quantitative estimate of drug-likeness (QED) is 0.154. The van der Waals surface area contributed by atoms with Gasteiger partial charge in [0.15, 0.2) is 17.5 Å². The highest BCUT2D eigenvalue weighted by atomic mass is 32.1. The van der Waals surface area contributed by atoms with Crippen molar-refractivity contribution in [2.75, 3.05) is 0 Å². The van der Waals surface area contributed by atoms with Gasteiger partial charge in [0.1, 0.15) is 0 Å². The van der Waals surface area contributed by atoms with Gasteiger partial charge in [-0.2, -0.15) is 0 Å². The predicted octanol–water partition coefficient (Wildman–Crippen LogP) is 15.6. The monoisotopic (exact) mass is 795 g/mol. The minimum absolute atomic E-state index is 0.630. The highest BCUT2D eigenvalue weighted by Crippen LogP contribution is 2.40. The summed E-state index contributed by atoms with van der Waals surface area (Å²) in [5.41, 5.74) is 14.5. The molecule has 0 saturated heterocycles. The van der Waals surface area contributed by atoms with Gasteiger partial charge in [0.25, 0.3) is 0 Å².